The van der Waals surface area contributed by atoms with Crippen LogP contribution in [0.3, 0.4) is 0 Å². The third-order valence-electron chi connectivity index (χ3n) is 4.53. The highest BCUT2D eigenvalue weighted by Gasteiger charge is 2.12. The molecule has 1 rings (SSSR count). The van der Waals surface area contributed by atoms with E-state index < -0.39 is 0 Å². The van der Waals surface area contributed by atoms with Gasteiger partial charge in [-0.3, -0.25) is 19.8 Å². The lowest BCUT2D eigenvalue weighted by Crippen LogP contribution is -2.38. The van der Waals surface area contributed by atoms with Crippen LogP contribution in [0.5, 0.6) is 0 Å². The minimum absolute atomic E-state index is 0.0865. The molecule has 0 aliphatic carbocycles. The lowest BCUT2D eigenvalue weighted by Gasteiger charge is -2.22. The summed E-state index contributed by atoms with van der Waals surface area (Å²) >= 11 is 0. The summed E-state index contributed by atoms with van der Waals surface area (Å²) in [5.41, 5.74) is 5.16. The van der Waals surface area contributed by atoms with Crippen LogP contribution in [0.4, 0.5) is 0 Å². The van der Waals surface area contributed by atoms with E-state index in [1.807, 2.05) is 30.7 Å². The number of nitrogens with one attached hydrogen (secondary N) is 1. The largest absolute Gasteiger partial charge is 0.294 e. The first-order valence-corrected chi connectivity index (χ1v) is 9.75. The van der Waals surface area contributed by atoms with E-state index in [0.29, 0.717) is 6.54 Å². The number of nitrogens with zero attached hydrogens (tertiary/aromatic N) is 2. The van der Waals surface area contributed by atoms with Crippen molar-refractivity contribution in [3.63, 3.8) is 0 Å². The van der Waals surface area contributed by atoms with Crippen LogP contribution < -0.4 is 5.43 Å². The van der Waals surface area contributed by atoms with Gasteiger partial charge in [-0.1, -0.05) is 52.4 Å². The first-order chi connectivity index (χ1) is 11.6. The molecule has 0 aliphatic heterocycles. The number of carbonyl (C=O) groups is 1. The minimum Gasteiger partial charge on any atom is -0.294 e. The maximum Gasteiger partial charge on any atom is 0.252 e. The lowest BCUT2D eigenvalue weighted by molar-refractivity contribution is -0.118. The summed E-state index contributed by atoms with van der Waals surface area (Å²) in [6, 6.07) is 4.06. The second kappa shape index (κ2) is 12.1. The SMILES string of the molecule is CCCCCCN(CCCCCC)CC(=O)Nn1c(C)ccc1C. The molecule has 24 heavy (non-hydrogen) atoms. The molecule has 4 nitrogen and oxygen atoms in total. The van der Waals surface area contributed by atoms with Crippen LogP contribution in [-0.4, -0.2) is 35.1 Å². The van der Waals surface area contributed by atoms with E-state index in [9.17, 15) is 4.79 Å². The molecule has 1 N–H and O–H groups in total. The Kier molecular flexibility index (Phi) is 10.5. The average molecular weight is 336 g/mol. The Balaban J connectivity index is 2.46. The van der Waals surface area contributed by atoms with E-state index in [2.05, 4.69) is 24.2 Å². The predicted molar refractivity (Wildman–Crippen MR) is 103 cm³/mol. The van der Waals surface area contributed by atoms with Crippen LogP contribution in [0.25, 0.3) is 0 Å². The number of rotatable bonds is 13. The molecule has 0 atom stereocenters. The Morgan fingerprint density at radius 2 is 1.42 bits per heavy atom. The van der Waals surface area contributed by atoms with E-state index in [0.717, 1.165) is 24.5 Å². The highest BCUT2D eigenvalue weighted by atomic mass is 16.2. The zero-order valence-corrected chi connectivity index (χ0v) is 16.2. The number of hydrogen-bond donors (Lipinski definition) is 1. The van der Waals surface area contributed by atoms with Crippen LogP contribution in [-0.2, 0) is 4.79 Å². The van der Waals surface area contributed by atoms with Gasteiger partial charge in [0.05, 0.1) is 6.54 Å². The molecular weight excluding hydrogens is 298 g/mol. The second-order valence-electron chi connectivity index (χ2n) is 6.88. The summed E-state index contributed by atoms with van der Waals surface area (Å²) in [7, 11) is 0. The van der Waals surface area contributed by atoms with Crippen molar-refractivity contribution in [2.75, 3.05) is 25.1 Å². The molecule has 1 aromatic rings. The number of aromatic nitrogens is 1. The molecule has 0 saturated heterocycles. The Hall–Kier alpha value is -1.29. The zero-order valence-electron chi connectivity index (χ0n) is 16.2. The van der Waals surface area contributed by atoms with Crippen molar-refractivity contribution in [2.24, 2.45) is 0 Å². The summed E-state index contributed by atoms with van der Waals surface area (Å²) in [4.78, 5) is 14.8. The van der Waals surface area contributed by atoms with Gasteiger partial charge in [0.15, 0.2) is 0 Å². The van der Waals surface area contributed by atoms with Crippen LogP contribution in [0.2, 0.25) is 0 Å². The first-order valence-electron chi connectivity index (χ1n) is 9.75. The Bertz CT molecular complexity index is 436. The molecule has 1 amide bonds. The molecule has 0 fully saturated rings. The van der Waals surface area contributed by atoms with E-state index in [4.69, 9.17) is 0 Å². The fourth-order valence-electron chi connectivity index (χ4n) is 3.00. The molecular formula is C20H37N3O. The molecule has 138 valence electrons. The molecule has 1 aromatic heterocycles. The molecule has 4 heteroatoms. The van der Waals surface area contributed by atoms with Gasteiger partial charge in [-0.15, -0.1) is 0 Å². The summed E-state index contributed by atoms with van der Waals surface area (Å²) in [5, 5.41) is 0. The monoisotopic (exact) mass is 335 g/mol. The predicted octanol–water partition coefficient (Wildman–Crippen LogP) is 4.64. The van der Waals surface area contributed by atoms with E-state index >= 15 is 0 Å². The van der Waals surface area contributed by atoms with Crippen LogP contribution in [0.1, 0.15) is 76.6 Å². The number of hydrogen-bond acceptors (Lipinski definition) is 2. The van der Waals surface area contributed by atoms with Crippen molar-refractivity contribution in [1.29, 1.82) is 0 Å². The zero-order chi connectivity index (χ0) is 17.8. The topological polar surface area (TPSA) is 37.3 Å². The molecule has 0 aliphatic rings. The van der Waals surface area contributed by atoms with Crippen LogP contribution in [0, 0.1) is 13.8 Å². The maximum absolute atomic E-state index is 12.4. The Labute approximate surface area is 148 Å². The Morgan fingerprint density at radius 1 is 0.917 bits per heavy atom. The van der Waals surface area contributed by atoms with Crippen molar-refractivity contribution in [1.82, 2.24) is 9.58 Å². The standard InChI is InChI=1S/C20H37N3O/c1-5-7-9-11-15-22(16-12-10-8-6-2)17-20(24)21-23-18(3)13-14-19(23)4/h13-14H,5-12,15-17H2,1-4H3,(H,21,24). The van der Waals surface area contributed by atoms with E-state index in [1.54, 1.807) is 0 Å². The van der Waals surface area contributed by atoms with Crippen molar-refractivity contribution < 1.29 is 4.79 Å². The highest BCUT2D eigenvalue weighted by molar-refractivity contribution is 5.85. The van der Waals surface area contributed by atoms with Crippen molar-refractivity contribution >= 4 is 5.91 Å². The average Bonchev–Trinajstić information content (AvgIpc) is 2.87. The van der Waals surface area contributed by atoms with Gasteiger partial charge in [-0.25, -0.2) is 0 Å². The van der Waals surface area contributed by atoms with Crippen molar-refractivity contribution in [3.05, 3.63) is 23.5 Å². The Morgan fingerprint density at radius 3 is 1.88 bits per heavy atom. The number of carbonyl (C=O) groups excluding carboxylic acids is 1. The van der Waals surface area contributed by atoms with Gasteiger partial charge in [-0.05, 0) is 51.9 Å². The molecule has 0 spiro atoms. The molecule has 0 saturated carbocycles. The van der Waals surface area contributed by atoms with Crippen molar-refractivity contribution in [2.45, 2.75) is 79.1 Å². The fraction of sp³-hybridized carbons (Fsp3) is 0.750. The van der Waals surface area contributed by atoms with Crippen molar-refractivity contribution in [3.8, 4) is 0 Å². The first kappa shape index (κ1) is 20.8. The van der Waals surface area contributed by atoms with Gasteiger partial charge in [0, 0.05) is 11.4 Å². The van der Waals surface area contributed by atoms with Gasteiger partial charge < -0.3 is 0 Å². The molecule has 0 bridgehead atoms. The highest BCUT2D eigenvalue weighted by Crippen LogP contribution is 2.07. The van der Waals surface area contributed by atoms with Crippen LogP contribution >= 0.6 is 0 Å². The minimum atomic E-state index is 0.0865. The second-order valence-corrected chi connectivity index (χ2v) is 6.88. The fourth-order valence-corrected chi connectivity index (χ4v) is 3.00. The summed E-state index contributed by atoms with van der Waals surface area (Å²) in [6.45, 7) is 11.1. The third-order valence-corrected chi connectivity index (χ3v) is 4.53. The molecule has 0 radical (unpaired) electrons. The summed E-state index contributed by atoms with van der Waals surface area (Å²) in [6.07, 6.45) is 9.99. The van der Waals surface area contributed by atoms with Gasteiger partial charge in [0.25, 0.3) is 5.91 Å². The third kappa shape index (κ3) is 8.00. The van der Waals surface area contributed by atoms with Gasteiger partial charge in [-0.2, -0.15) is 0 Å². The lowest BCUT2D eigenvalue weighted by atomic mass is 10.1. The normalized spacial score (nSPS) is 11.2. The molecule has 1 heterocycles. The summed E-state index contributed by atoms with van der Waals surface area (Å²) in [5.74, 6) is 0.0865. The number of amides is 1. The maximum atomic E-state index is 12.4. The quantitative estimate of drug-likeness (QED) is 0.533. The smallest absolute Gasteiger partial charge is 0.252 e. The molecule has 0 aromatic carbocycles. The van der Waals surface area contributed by atoms with E-state index in [-0.39, 0.29) is 5.91 Å². The van der Waals surface area contributed by atoms with Crippen LogP contribution in [0.15, 0.2) is 12.1 Å². The van der Waals surface area contributed by atoms with Gasteiger partial charge >= 0.3 is 0 Å². The van der Waals surface area contributed by atoms with Gasteiger partial charge in [0.2, 0.25) is 0 Å². The number of unbranched alkanes of at least 4 members (excludes halogenated alkanes) is 6. The number of aryl methyl sites for hydroxylation is 2. The van der Waals surface area contributed by atoms with Gasteiger partial charge in [0.1, 0.15) is 0 Å². The van der Waals surface area contributed by atoms with E-state index in [1.165, 1.54) is 51.4 Å². The molecule has 0 unspecified atom stereocenters. The summed E-state index contributed by atoms with van der Waals surface area (Å²) < 4.78 is 1.88.